The van der Waals surface area contributed by atoms with Crippen LogP contribution in [-0.2, 0) is 11.2 Å². The quantitative estimate of drug-likeness (QED) is 0.447. The lowest BCUT2D eigenvalue weighted by Crippen LogP contribution is -2.31. The molecular weight excluding hydrogens is 404 g/mol. The van der Waals surface area contributed by atoms with Gasteiger partial charge in [-0.2, -0.15) is 0 Å². The highest BCUT2D eigenvalue weighted by Crippen LogP contribution is 2.42. The van der Waals surface area contributed by atoms with Gasteiger partial charge in [-0.3, -0.25) is 19.5 Å². The molecule has 1 aliphatic rings. The van der Waals surface area contributed by atoms with Crippen LogP contribution >= 0.6 is 0 Å². The van der Waals surface area contributed by atoms with Gasteiger partial charge in [0.15, 0.2) is 11.5 Å². The van der Waals surface area contributed by atoms with Crippen molar-refractivity contribution < 1.29 is 19.1 Å². The number of pyridine rings is 1. The van der Waals surface area contributed by atoms with Crippen molar-refractivity contribution >= 4 is 28.3 Å². The summed E-state index contributed by atoms with van der Waals surface area (Å²) in [4.78, 5) is 32.2. The number of aryl methyl sites for hydroxylation is 1. The van der Waals surface area contributed by atoms with E-state index >= 15 is 0 Å². The molecule has 2 aromatic heterocycles. The second-order valence-corrected chi connectivity index (χ2v) is 7.62. The van der Waals surface area contributed by atoms with Crippen molar-refractivity contribution in [2.45, 2.75) is 19.4 Å². The van der Waals surface area contributed by atoms with E-state index in [9.17, 15) is 14.7 Å². The zero-order chi connectivity index (χ0) is 22.2. The van der Waals surface area contributed by atoms with Crippen molar-refractivity contribution in [2.24, 2.45) is 0 Å². The number of amides is 1. The summed E-state index contributed by atoms with van der Waals surface area (Å²) in [6.07, 6.45) is 4.05. The van der Waals surface area contributed by atoms with Gasteiger partial charge < -0.3 is 9.52 Å². The summed E-state index contributed by atoms with van der Waals surface area (Å²) >= 11 is 0. The molecule has 1 N–H and O–H groups in total. The lowest BCUT2D eigenvalue weighted by atomic mass is 9.95. The van der Waals surface area contributed by atoms with E-state index in [0.717, 1.165) is 17.4 Å². The Kier molecular flexibility index (Phi) is 4.82. The number of Topliss-reactive ketones (excluding diaryl/α,β-unsaturated/α-hetero) is 1. The van der Waals surface area contributed by atoms with E-state index in [-0.39, 0.29) is 11.3 Å². The van der Waals surface area contributed by atoms with Crippen LogP contribution in [0.3, 0.4) is 0 Å². The number of aliphatic hydroxyl groups is 1. The molecule has 5 rings (SSSR count). The molecule has 1 unspecified atom stereocenters. The molecule has 1 aliphatic heterocycles. The average molecular weight is 424 g/mol. The van der Waals surface area contributed by atoms with Crippen molar-refractivity contribution in [1.29, 1.82) is 0 Å². The molecule has 6 heteroatoms. The molecule has 2 aromatic carbocycles. The molecule has 4 aromatic rings. The van der Waals surface area contributed by atoms with Gasteiger partial charge in [0.25, 0.3) is 5.91 Å². The maximum atomic E-state index is 13.5. The molecule has 0 fully saturated rings. The second-order valence-electron chi connectivity index (χ2n) is 7.62. The second kappa shape index (κ2) is 7.81. The summed E-state index contributed by atoms with van der Waals surface area (Å²) in [5.41, 5.74) is 2.92. The Morgan fingerprint density at radius 2 is 1.78 bits per heavy atom. The van der Waals surface area contributed by atoms with Crippen LogP contribution in [0.4, 0.5) is 5.69 Å². The number of nitrogens with zero attached hydrogens (tertiary/aromatic N) is 2. The molecule has 0 saturated carbocycles. The van der Waals surface area contributed by atoms with Crippen LogP contribution in [0, 0.1) is 0 Å². The maximum Gasteiger partial charge on any atom is 0.294 e. The minimum Gasteiger partial charge on any atom is -0.503 e. The minimum atomic E-state index is -0.807. The number of furan rings is 1. The van der Waals surface area contributed by atoms with Crippen LogP contribution < -0.4 is 4.90 Å². The average Bonchev–Trinajstić information content (AvgIpc) is 3.38. The van der Waals surface area contributed by atoms with Crippen molar-refractivity contribution in [2.75, 3.05) is 4.90 Å². The van der Waals surface area contributed by atoms with Crippen LogP contribution in [0.25, 0.3) is 11.0 Å². The van der Waals surface area contributed by atoms with E-state index in [4.69, 9.17) is 4.42 Å². The molecule has 0 spiro atoms. The monoisotopic (exact) mass is 424 g/mol. The summed E-state index contributed by atoms with van der Waals surface area (Å²) in [7, 11) is 0. The van der Waals surface area contributed by atoms with Gasteiger partial charge in [-0.25, -0.2) is 0 Å². The summed E-state index contributed by atoms with van der Waals surface area (Å²) in [5, 5.41) is 11.6. The topological polar surface area (TPSA) is 83.6 Å². The third kappa shape index (κ3) is 3.17. The van der Waals surface area contributed by atoms with Crippen LogP contribution in [-0.4, -0.2) is 21.8 Å². The third-order valence-corrected chi connectivity index (χ3v) is 5.75. The molecule has 6 nitrogen and oxygen atoms in total. The van der Waals surface area contributed by atoms with Crippen molar-refractivity contribution in [3.63, 3.8) is 0 Å². The number of benzene rings is 2. The van der Waals surface area contributed by atoms with Gasteiger partial charge in [-0.1, -0.05) is 37.3 Å². The van der Waals surface area contributed by atoms with Gasteiger partial charge in [0.1, 0.15) is 5.58 Å². The molecule has 158 valence electrons. The van der Waals surface area contributed by atoms with Gasteiger partial charge in [0, 0.05) is 23.5 Å². The zero-order valence-corrected chi connectivity index (χ0v) is 17.4. The largest absolute Gasteiger partial charge is 0.503 e. The minimum absolute atomic E-state index is 0.0141. The molecule has 3 heterocycles. The lowest BCUT2D eigenvalue weighted by Gasteiger charge is -2.26. The van der Waals surface area contributed by atoms with E-state index in [1.165, 1.54) is 4.90 Å². The van der Waals surface area contributed by atoms with E-state index in [0.29, 0.717) is 16.8 Å². The number of anilines is 1. The first-order valence-electron chi connectivity index (χ1n) is 10.4. The normalized spacial score (nSPS) is 16.2. The number of fused-ring (bicyclic) bond motifs is 1. The molecule has 1 amide bonds. The summed E-state index contributed by atoms with van der Waals surface area (Å²) < 4.78 is 5.74. The van der Waals surface area contributed by atoms with Gasteiger partial charge in [0.2, 0.25) is 5.78 Å². The van der Waals surface area contributed by atoms with Crippen LogP contribution in [0.15, 0.2) is 94.9 Å². The Bertz CT molecular complexity index is 1320. The summed E-state index contributed by atoms with van der Waals surface area (Å²) in [6, 6.07) is 19.1. The van der Waals surface area contributed by atoms with Crippen LogP contribution in [0.1, 0.15) is 34.6 Å². The highest BCUT2D eigenvalue weighted by Gasteiger charge is 2.45. The van der Waals surface area contributed by atoms with Gasteiger partial charge in [-0.05, 0) is 53.9 Å². The summed E-state index contributed by atoms with van der Waals surface area (Å²) in [5.74, 6) is -1.66. The first-order valence-corrected chi connectivity index (χ1v) is 10.4. The lowest BCUT2D eigenvalue weighted by molar-refractivity contribution is -0.117. The SMILES string of the molecule is CCc1ccc(N2C(=O)C(O)=C(C(=O)c3cc4ccccc4o3)C2c2ccncc2)cc1. The predicted molar refractivity (Wildman–Crippen MR) is 120 cm³/mol. The molecule has 0 aliphatic carbocycles. The molecule has 0 saturated heterocycles. The Morgan fingerprint density at radius 1 is 1.06 bits per heavy atom. The summed E-state index contributed by atoms with van der Waals surface area (Å²) in [6.45, 7) is 2.05. The fourth-order valence-corrected chi connectivity index (χ4v) is 4.08. The van der Waals surface area contributed by atoms with E-state index in [1.807, 2.05) is 49.4 Å². The van der Waals surface area contributed by atoms with Gasteiger partial charge in [-0.15, -0.1) is 0 Å². The maximum absolute atomic E-state index is 13.5. The van der Waals surface area contributed by atoms with Crippen LogP contribution in [0.2, 0.25) is 0 Å². The van der Waals surface area contributed by atoms with Gasteiger partial charge in [0.05, 0.1) is 11.6 Å². The smallest absolute Gasteiger partial charge is 0.294 e. The Labute approximate surface area is 184 Å². The van der Waals surface area contributed by atoms with Gasteiger partial charge >= 0.3 is 0 Å². The Balaban J connectivity index is 1.64. The Morgan fingerprint density at radius 3 is 2.47 bits per heavy atom. The van der Waals surface area contributed by atoms with E-state index in [2.05, 4.69) is 4.98 Å². The number of carbonyl (C=O) groups excluding carboxylic acids is 2. The number of hydrogen-bond donors (Lipinski definition) is 1. The first kappa shape index (κ1) is 19.8. The molecule has 1 atom stereocenters. The highest BCUT2D eigenvalue weighted by molar-refractivity contribution is 6.20. The number of rotatable bonds is 5. The molecule has 32 heavy (non-hydrogen) atoms. The number of aromatic nitrogens is 1. The first-order chi connectivity index (χ1) is 15.6. The molecular formula is C26H20N2O4. The number of para-hydroxylation sites is 1. The van der Waals surface area contributed by atoms with E-state index in [1.54, 1.807) is 36.7 Å². The van der Waals surface area contributed by atoms with Crippen molar-refractivity contribution in [1.82, 2.24) is 4.98 Å². The highest BCUT2D eigenvalue weighted by atomic mass is 16.3. The van der Waals surface area contributed by atoms with E-state index < -0.39 is 23.5 Å². The molecule has 0 radical (unpaired) electrons. The number of carbonyl (C=O) groups is 2. The third-order valence-electron chi connectivity index (χ3n) is 5.75. The Hall–Kier alpha value is -4.19. The zero-order valence-electron chi connectivity index (χ0n) is 17.4. The predicted octanol–water partition coefficient (Wildman–Crippen LogP) is 5.17. The number of aliphatic hydroxyl groups excluding tert-OH is 1. The molecule has 0 bridgehead atoms. The number of ketones is 1. The van der Waals surface area contributed by atoms with Crippen molar-refractivity contribution in [3.8, 4) is 0 Å². The van der Waals surface area contributed by atoms with Crippen LogP contribution in [0.5, 0.6) is 0 Å². The fourth-order valence-electron chi connectivity index (χ4n) is 4.08. The fraction of sp³-hybridized carbons (Fsp3) is 0.115. The standard InChI is InChI=1S/C26H20N2O4/c1-2-16-7-9-19(10-8-16)28-23(17-11-13-27-14-12-17)22(25(30)26(28)31)24(29)21-15-18-5-3-4-6-20(18)32-21/h3-15,23,30H,2H2,1H3. The van der Waals surface area contributed by atoms with Crippen molar-refractivity contribution in [3.05, 3.63) is 107 Å². The number of hydrogen-bond acceptors (Lipinski definition) is 5.